The van der Waals surface area contributed by atoms with E-state index in [0.717, 1.165) is 4.88 Å². The van der Waals surface area contributed by atoms with Gasteiger partial charge in [-0.15, -0.1) is 11.3 Å². The fourth-order valence-corrected chi connectivity index (χ4v) is 1.85. The second-order valence-electron chi connectivity index (χ2n) is 3.27. The summed E-state index contributed by atoms with van der Waals surface area (Å²) in [5.74, 6) is 0.0612. The molecule has 0 spiro atoms. The van der Waals surface area contributed by atoms with Crippen molar-refractivity contribution in [1.29, 1.82) is 0 Å². The SMILES string of the molecule is CCOC(=O)N(C)CCC(=O)c1cccs1. The van der Waals surface area contributed by atoms with Gasteiger partial charge in [-0.25, -0.2) is 4.79 Å². The minimum atomic E-state index is -0.388. The van der Waals surface area contributed by atoms with Gasteiger partial charge in [0.15, 0.2) is 5.78 Å². The Morgan fingerprint density at radius 2 is 2.25 bits per heavy atom. The van der Waals surface area contributed by atoms with Gasteiger partial charge in [-0.05, 0) is 18.4 Å². The number of amides is 1. The van der Waals surface area contributed by atoms with E-state index in [1.54, 1.807) is 20.0 Å². The maximum absolute atomic E-state index is 11.6. The average molecular weight is 241 g/mol. The molecule has 1 aromatic heterocycles. The van der Waals surface area contributed by atoms with Crippen LogP contribution in [0.5, 0.6) is 0 Å². The van der Waals surface area contributed by atoms with Crippen LogP contribution in [0.1, 0.15) is 23.0 Å². The van der Waals surface area contributed by atoms with Crippen molar-refractivity contribution in [2.45, 2.75) is 13.3 Å². The molecule has 1 amide bonds. The average Bonchev–Trinajstić information content (AvgIpc) is 2.79. The summed E-state index contributed by atoms with van der Waals surface area (Å²) in [4.78, 5) is 25.0. The number of thiophene rings is 1. The largest absolute Gasteiger partial charge is 0.450 e. The highest BCUT2D eigenvalue weighted by Gasteiger charge is 2.12. The molecule has 0 fully saturated rings. The highest BCUT2D eigenvalue weighted by Crippen LogP contribution is 2.11. The predicted octanol–water partition coefficient (Wildman–Crippen LogP) is 2.41. The molecule has 0 aliphatic heterocycles. The molecule has 0 radical (unpaired) electrons. The maximum atomic E-state index is 11.6. The molecule has 16 heavy (non-hydrogen) atoms. The van der Waals surface area contributed by atoms with Crippen molar-refractivity contribution in [1.82, 2.24) is 4.90 Å². The quantitative estimate of drug-likeness (QED) is 0.744. The van der Waals surface area contributed by atoms with Gasteiger partial charge in [0, 0.05) is 20.0 Å². The second kappa shape index (κ2) is 6.27. The lowest BCUT2D eigenvalue weighted by atomic mass is 10.2. The van der Waals surface area contributed by atoms with E-state index in [1.165, 1.54) is 16.2 Å². The first-order valence-electron chi connectivity index (χ1n) is 5.09. The fourth-order valence-electron chi connectivity index (χ4n) is 1.15. The van der Waals surface area contributed by atoms with Gasteiger partial charge in [0.2, 0.25) is 0 Å². The van der Waals surface area contributed by atoms with Crippen molar-refractivity contribution in [3.63, 3.8) is 0 Å². The van der Waals surface area contributed by atoms with E-state index >= 15 is 0 Å². The van der Waals surface area contributed by atoms with Gasteiger partial charge in [-0.2, -0.15) is 0 Å². The molecule has 88 valence electrons. The smallest absolute Gasteiger partial charge is 0.409 e. The van der Waals surface area contributed by atoms with Gasteiger partial charge in [0.25, 0.3) is 0 Å². The first kappa shape index (κ1) is 12.7. The maximum Gasteiger partial charge on any atom is 0.409 e. The van der Waals surface area contributed by atoms with Crippen LogP contribution < -0.4 is 0 Å². The summed E-state index contributed by atoms with van der Waals surface area (Å²) < 4.78 is 4.80. The monoisotopic (exact) mass is 241 g/mol. The Balaban J connectivity index is 2.34. The van der Waals surface area contributed by atoms with E-state index in [9.17, 15) is 9.59 Å². The van der Waals surface area contributed by atoms with Crippen molar-refractivity contribution in [2.24, 2.45) is 0 Å². The van der Waals surface area contributed by atoms with E-state index in [2.05, 4.69) is 0 Å². The third-order valence-electron chi connectivity index (χ3n) is 2.05. The Kier molecular flexibility index (Phi) is 4.98. The third kappa shape index (κ3) is 3.66. The summed E-state index contributed by atoms with van der Waals surface area (Å²) in [5.41, 5.74) is 0. The minimum absolute atomic E-state index is 0.0612. The Labute approximate surface area is 98.8 Å². The topological polar surface area (TPSA) is 46.6 Å². The van der Waals surface area contributed by atoms with Gasteiger partial charge in [0.05, 0.1) is 11.5 Å². The van der Waals surface area contributed by atoms with Crippen molar-refractivity contribution < 1.29 is 14.3 Å². The first-order chi connectivity index (χ1) is 7.65. The molecule has 5 heteroatoms. The molecule has 0 atom stereocenters. The first-order valence-corrected chi connectivity index (χ1v) is 5.97. The Hall–Kier alpha value is -1.36. The lowest BCUT2D eigenvalue weighted by Gasteiger charge is -2.15. The van der Waals surface area contributed by atoms with Crippen LogP contribution in [0, 0.1) is 0 Å². The van der Waals surface area contributed by atoms with Crippen LogP contribution >= 0.6 is 11.3 Å². The highest BCUT2D eigenvalue weighted by atomic mass is 32.1. The fraction of sp³-hybridized carbons (Fsp3) is 0.455. The number of hydrogen-bond acceptors (Lipinski definition) is 4. The van der Waals surface area contributed by atoms with Crippen molar-refractivity contribution in [3.05, 3.63) is 22.4 Å². The molecule has 1 rings (SSSR count). The zero-order chi connectivity index (χ0) is 12.0. The number of carbonyl (C=O) groups excluding carboxylic acids is 2. The van der Waals surface area contributed by atoms with Crippen LogP contribution in [0.3, 0.4) is 0 Å². The minimum Gasteiger partial charge on any atom is -0.450 e. The molecule has 0 aliphatic rings. The van der Waals surface area contributed by atoms with Crippen LogP contribution in [0.25, 0.3) is 0 Å². The summed E-state index contributed by atoms with van der Waals surface area (Å²) in [6.07, 6.45) is -0.0583. The number of ether oxygens (including phenoxy) is 1. The number of Topliss-reactive ketones (excluding diaryl/α,β-unsaturated/α-hetero) is 1. The van der Waals surface area contributed by atoms with Crippen LogP contribution in [0.15, 0.2) is 17.5 Å². The third-order valence-corrected chi connectivity index (χ3v) is 2.96. The number of nitrogens with zero attached hydrogens (tertiary/aromatic N) is 1. The number of rotatable bonds is 5. The van der Waals surface area contributed by atoms with Crippen molar-refractivity contribution in [3.8, 4) is 0 Å². The molecule has 0 saturated carbocycles. The van der Waals surface area contributed by atoms with Gasteiger partial charge in [-0.1, -0.05) is 6.07 Å². The zero-order valence-corrected chi connectivity index (χ0v) is 10.3. The van der Waals surface area contributed by atoms with Crippen molar-refractivity contribution in [2.75, 3.05) is 20.2 Å². The van der Waals surface area contributed by atoms with Gasteiger partial charge in [0.1, 0.15) is 0 Å². The molecule has 1 aromatic rings. The molecular formula is C11H15NO3S. The van der Waals surface area contributed by atoms with Crippen LogP contribution in [-0.2, 0) is 4.74 Å². The predicted molar refractivity (Wildman–Crippen MR) is 62.9 cm³/mol. The Bertz CT molecular complexity index is 348. The van der Waals surface area contributed by atoms with Gasteiger partial charge in [-0.3, -0.25) is 4.79 Å². The second-order valence-corrected chi connectivity index (χ2v) is 4.22. The van der Waals surface area contributed by atoms with Gasteiger partial charge < -0.3 is 9.64 Å². The molecule has 1 heterocycles. The molecule has 0 bridgehead atoms. The molecule has 0 N–H and O–H groups in total. The molecular weight excluding hydrogens is 226 g/mol. The van der Waals surface area contributed by atoms with Crippen LogP contribution in [-0.4, -0.2) is 37.0 Å². The van der Waals surface area contributed by atoms with E-state index in [0.29, 0.717) is 19.6 Å². The summed E-state index contributed by atoms with van der Waals surface area (Å²) in [5, 5.41) is 1.86. The summed E-state index contributed by atoms with van der Waals surface area (Å²) >= 11 is 1.42. The molecule has 0 saturated heterocycles. The molecule has 0 aliphatic carbocycles. The summed E-state index contributed by atoms with van der Waals surface area (Å²) in [6.45, 7) is 2.49. The number of hydrogen-bond donors (Lipinski definition) is 0. The van der Waals surface area contributed by atoms with E-state index in [1.807, 2.05) is 11.4 Å². The number of ketones is 1. The van der Waals surface area contributed by atoms with E-state index in [-0.39, 0.29) is 11.9 Å². The molecule has 4 nitrogen and oxygen atoms in total. The van der Waals surface area contributed by atoms with Crippen LogP contribution in [0.4, 0.5) is 4.79 Å². The Morgan fingerprint density at radius 3 is 2.81 bits per heavy atom. The summed E-state index contributed by atoms with van der Waals surface area (Å²) in [6, 6.07) is 3.63. The highest BCUT2D eigenvalue weighted by molar-refractivity contribution is 7.12. The molecule has 0 aromatic carbocycles. The zero-order valence-electron chi connectivity index (χ0n) is 9.43. The van der Waals surface area contributed by atoms with E-state index in [4.69, 9.17) is 4.74 Å². The lowest BCUT2D eigenvalue weighted by Crippen LogP contribution is -2.29. The van der Waals surface area contributed by atoms with Gasteiger partial charge >= 0.3 is 6.09 Å². The van der Waals surface area contributed by atoms with Crippen LogP contribution in [0.2, 0.25) is 0 Å². The lowest BCUT2D eigenvalue weighted by molar-refractivity contribution is 0.0951. The summed E-state index contributed by atoms with van der Waals surface area (Å²) in [7, 11) is 1.62. The molecule has 0 unspecified atom stereocenters. The standard InChI is InChI=1S/C11H15NO3S/c1-3-15-11(14)12(2)7-6-9(13)10-5-4-8-16-10/h4-5,8H,3,6-7H2,1-2H3. The van der Waals surface area contributed by atoms with Crippen molar-refractivity contribution >= 4 is 23.2 Å². The Morgan fingerprint density at radius 1 is 1.50 bits per heavy atom. The normalized spacial score (nSPS) is 9.88. The van der Waals surface area contributed by atoms with E-state index < -0.39 is 0 Å². The number of carbonyl (C=O) groups is 2.